The van der Waals surface area contributed by atoms with Crippen LogP contribution < -0.4 is 0 Å². The first-order valence-corrected chi connectivity index (χ1v) is 7.05. The van der Waals surface area contributed by atoms with Gasteiger partial charge >= 0.3 is 0 Å². The van der Waals surface area contributed by atoms with Gasteiger partial charge in [0, 0.05) is 18.8 Å². The van der Waals surface area contributed by atoms with Gasteiger partial charge in [-0.1, -0.05) is 29.8 Å². The third kappa shape index (κ3) is 3.08. The molecule has 1 aromatic heterocycles. The Kier molecular flexibility index (Phi) is 3.85. The van der Waals surface area contributed by atoms with Crippen LogP contribution in [0.25, 0.3) is 0 Å². The zero-order chi connectivity index (χ0) is 13.8. The lowest BCUT2D eigenvalue weighted by Crippen LogP contribution is -2.46. The molecule has 2 aromatic rings. The summed E-state index contributed by atoms with van der Waals surface area (Å²) in [4.78, 5) is 4.09. The number of hydrogen-bond donors (Lipinski definition) is 0. The molecule has 3 rings (SSSR count). The summed E-state index contributed by atoms with van der Waals surface area (Å²) in [6.07, 6.45) is 7.24. The molecule has 1 aliphatic rings. The summed E-state index contributed by atoms with van der Waals surface area (Å²) >= 11 is 0. The second kappa shape index (κ2) is 5.77. The summed E-state index contributed by atoms with van der Waals surface area (Å²) in [7, 11) is 0. The average Bonchev–Trinajstić information content (AvgIpc) is 2.95. The standard InChI is InChI=1S/C16H20N2O2/c1-14-3-5-15(6-4-14)11-16(19-9-2-10-20-16)12-18-8-7-17-13-18/h3-8,13H,2,9-12H2,1H3. The lowest BCUT2D eigenvalue weighted by atomic mass is 10.0. The van der Waals surface area contributed by atoms with Crippen LogP contribution >= 0.6 is 0 Å². The van der Waals surface area contributed by atoms with E-state index in [4.69, 9.17) is 9.47 Å². The van der Waals surface area contributed by atoms with E-state index in [1.54, 1.807) is 12.5 Å². The molecule has 20 heavy (non-hydrogen) atoms. The maximum absolute atomic E-state index is 6.00. The number of aryl methyl sites for hydroxylation is 1. The summed E-state index contributed by atoms with van der Waals surface area (Å²) in [6, 6.07) is 8.55. The molecular formula is C16H20N2O2. The first-order chi connectivity index (χ1) is 9.76. The Morgan fingerprint density at radius 3 is 2.60 bits per heavy atom. The van der Waals surface area contributed by atoms with Gasteiger partial charge in [0.1, 0.15) is 0 Å². The van der Waals surface area contributed by atoms with Gasteiger partial charge in [-0.25, -0.2) is 4.98 Å². The fourth-order valence-electron chi connectivity index (χ4n) is 2.54. The van der Waals surface area contributed by atoms with Crippen molar-refractivity contribution in [2.24, 2.45) is 0 Å². The van der Waals surface area contributed by atoms with E-state index in [2.05, 4.69) is 36.2 Å². The SMILES string of the molecule is Cc1ccc(CC2(Cn3ccnc3)OCCCO2)cc1. The van der Waals surface area contributed by atoms with E-state index < -0.39 is 5.79 Å². The van der Waals surface area contributed by atoms with Gasteiger partial charge in [-0.15, -0.1) is 0 Å². The fourth-order valence-corrected chi connectivity index (χ4v) is 2.54. The summed E-state index contributed by atoms with van der Waals surface area (Å²) in [5, 5.41) is 0. The van der Waals surface area contributed by atoms with Crippen LogP contribution in [0.4, 0.5) is 0 Å². The minimum Gasteiger partial charge on any atom is -0.348 e. The van der Waals surface area contributed by atoms with Crippen molar-refractivity contribution in [2.75, 3.05) is 13.2 Å². The van der Waals surface area contributed by atoms with Gasteiger partial charge in [0.15, 0.2) is 5.79 Å². The van der Waals surface area contributed by atoms with Gasteiger partial charge in [0.05, 0.1) is 26.1 Å². The van der Waals surface area contributed by atoms with Crippen LogP contribution in [-0.4, -0.2) is 28.6 Å². The zero-order valence-corrected chi connectivity index (χ0v) is 11.8. The monoisotopic (exact) mass is 272 g/mol. The van der Waals surface area contributed by atoms with Gasteiger partial charge in [-0.2, -0.15) is 0 Å². The average molecular weight is 272 g/mol. The van der Waals surface area contributed by atoms with E-state index in [1.165, 1.54) is 11.1 Å². The molecule has 0 amide bonds. The summed E-state index contributed by atoms with van der Waals surface area (Å²) in [5.41, 5.74) is 2.50. The molecule has 0 radical (unpaired) electrons. The number of nitrogens with zero attached hydrogens (tertiary/aromatic N) is 2. The highest BCUT2D eigenvalue weighted by atomic mass is 16.7. The maximum atomic E-state index is 6.00. The molecular weight excluding hydrogens is 252 g/mol. The van der Waals surface area contributed by atoms with Crippen molar-refractivity contribution in [2.45, 2.75) is 32.1 Å². The van der Waals surface area contributed by atoms with E-state index in [0.717, 1.165) is 26.1 Å². The third-order valence-electron chi connectivity index (χ3n) is 3.60. The van der Waals surface area contributed by atoms with Crippen molar-refractivity contribution < 1.29 is 9.47 Å². The molecule has 1 aliphatic heterocycles. The minimum atomic E-state index is -0.575. The molecule has 0 aliphatic carbocycles. The van der Waals surface area contributed by atoms with Crippen molar-refractivity contribution in [3.8, 4) is 0 Å². The highest BCUT2D eigenvalue weighted by Crippen LogP contribution is 2.26. The van der Waals surface area contributed by atoms with Gasteiger partial charge in [0.25, 0.3) is 0 Å². The Morgan fingerprint density at radius 1 is 1.20 bits per heavy atom. The van der Waals surface area contributed by atoms with Crippen LogP contribution in [0.2, 0.25) is 0 Å². The quantitative estimate of drug-likeness (QED) is 0.858. The molecule has 4 nitrogen and oxygen atoms in total. The van der Waals surface area contributed by atoms with E-state index in [9.17, 15) is 0 Å². The summed E-state index contributed by atoms with van der Waals surface area (Å²) in [6.45, 7) is 4.26. The van der Waals surface area contributed by atoms with Crippen LogP contribution in [-0.2, 0) is 22.4 Å². The molecule has 106 valence electrons. The zero-order valence-electron chi connectivity index (χ0n) is 11.8. The predicted octanol–water partition coefficient (Wildman–Crippen LogP) is 2.57. The van der Waals surface area contributed by atoms with Crippen LogP contribution in [0.15, 0.2) is 43.0 Å². The van der Waals surface area contributed by atoms with Gasteiger partial charge in [-0.3, -0.25) is 0 Å². The number of ether oxygens (including phenoxy) is 2. The topological polar surface area (TPSA) is 36.3 Å². The van der Waals surface area contributed by atoms with Crippen molar-refractivity contribution in [3.05, 3.63) is 54.1 Å². The number of imidazole rings is 1. The van der Waals surface area contributed by atoms with Gasteiger partial charge < -0.3 is 14.0 Å². The number of rotatable bonds is 4. The van der Waals surface area contributed by atoms with Crippen molar-refractivity contribution in [3.63, 3.8) is 0 Å². The van der Waals surface area contributed by atoms with E-state index in [-0.39, 0.29) is 0 Å². The Hall–Kier alpha value is -1.65. The molecule has 0 saturated carbocycles. The van der Waals surface area contributed by atoms with Crippen LogP contribution in [0, 0.1) is 6.92 Å². The largest absolute Gasteiger partial charge is 0.348 e. The predicted molar refractivity (Wildman–Crippen MR) is 76.4 cm³/mol. The summed E-state index contributed by atoms with van der Waals surface area (Å²) in [5.74, 6) is -0.575. The Labute approximate surface area is 119 Å². The lowest BCUT2D eigenvalue weighted by Gasteiger charge is -2.37. The smallest absolute Gasteiger partial charge is 0.190 e. The molecule has 1 saturated heterocycles. The Balaban J connectivity index is 1.79. The van der Waals surface area contributed by atoms with E-state index in [1.807, 2.05) is 10.8 Å². The molecule has 2 heterocycles. The number of aromatic nitrogens is 2. The molecule has 0 spiro atoms. The molecule has 0 N–H and O–H groups in total. The normalized spacial score (nSPS) is 18.1. The molecule has 0 bridgehead atoms. The first kappa shape index (κ1) is 13.3. The highest BCUT2D eigenvalue weighted by molar-refractivity contribution is 5.22. The molecule has 1 fully saturated rings. The number of benzene rings is 1. The Morgan fingerprint density at radius 2 is 1.95 bits per heavy atom. The summed E-state index contributed by atoms with van der Waals surface area (Å²) < 4.78 is 14.0. The van der Waals surface area contributed by atoms with E-state index in [0.29, 0.717) is 6.54 Å². The maximum Gasteiger partial charge on any atom is 0.190 e. The van der Waals surface area contributed by atoms with Crippen LogP contribution in [0.5, 0.6) is 0 Å². The highest BCUT2D eigenvalue weighted by Gasteiger charge is 2.35. The second-order valence-corrected chi connectivity index (χ2v) is 5.36. The second-order valence-electron chi connectivity index (χ2n) is 5.36. The Bertz CT molecular complexity index is 528. The van der Waals surface area contributed by atoms with Crippen LogP contribution in [0.3, 0.4) is 0 Å². The van der Waals surface area contributed by atoms with Gasteiger partial charge in [-0.05, 0) is 18.9 Å². The lowest BCUT2D eigenvalue weighted by molar-refractivity contribution is -0.272. The molecule has 0 atom stereocenters. The van der Waals surface area contributed by atoms with E-state index >= 15 is 0 Å². The van der Waals surface area contributed by atoms with Crippen molar-refractivity contribution >= 4 is 0 Å². The third-order valence-corrected chi connectivity index (χ3v) is 3.60. The minimum absolute atomic E-state index is 0.575. The fraction of sp³-hybridized carbons (Fsp3) is 0.438. The van der Waals surface area contributed by atoms with Crippen molar-refractivity contribution in [1.29, 1.82) is 0 Å². The van der Waals surface area contributed by atoms with Crippen molar-refractivity contribution in [1.82, 2.24) is 9.55 Å². The van der Waals surface area contributed by atoms with Crippen LogP contribution in [0.1, 0.15) is 17.5 Å². The molecule has 1 aromatic carbocycles. The molecule has 0 unspecified atom stereocenters. The first-order valence-electron chi connectivity index (χ1n) is 7.05. The number of hydrogen-bond acceptors (Lipinski definition) is 3. The van der Waals surface area contributed by atoms with Gasteiger partial charge in [0.2, 0.25) is 0 Å². The molecule has 4 heteroatoms.